The Morgan fingerprint density at radius 1 is 1.32 bits per heavy atom. The number of hydrogen-bond donors (Lipinski definition) is 3. The van der Waals surface area contributed by atoms with Crippen LogP contribution in [0.5, 0.6) is 0 Å². The zero-order valence-electron chi connectivity index (χ0n) is 16.9. The van der Waals surface area contributed by atoms with Crippen molar-refractivity contribution in [3.05, 3.63) is 24.2 Å². The lowest BCUT2D eigenvalue weighted by atomic mass is 9.84. The summed E-state index contributed by atoms with van der Waals surface area (Å²) in [4.78, 5) is 6.88. The maximum absolute atomic E-state index is 9.40. The van der Waals surface area contributed by atoms with Crippen LogP contribution in [0.2, 0.25) is 0 Å². The quantitative estimate of drug-likeness (QED) is 0.286. The summed E-state index contributed by atoms with van der Waals surface area (Å²) < 4.78 is 11.3. The number of halogens is 1. The molecule has 1 aromatic heterocycles. The summed E-state index contributed by atoms with van der Waals surface area (Å²) in [6.45, 7) is 5.36. The van der Waals surface area contributed by atoms with Crippen LogP contribution in [-0.2, 0) is 4.74 Å². The fourth-order valence-electron chi connectivity index (χ4n) is 4.12. The van der Waals surface area contributed by atoms with Crippen LogP contribution >= 0.6 is 24.0 Å². The topological polar surface area (TPSA) is 82.3 Å². The Morgan fingerprint density at radius 2 is 2.14 bits per heavy atom. The maximum atomic E-state index is 9.40. The van der Waals surface area contributed by atoms with Gasteiger partial charge in [0.05, 0.1) is 18.9 Å². The number of piperidine rings is 1. The Balaban J connectivity index is 0.00000280. The molecule has 0 aromatic carbocycles. The lowest BCUT2D eigenvalue weighted by Crippen LogP contribution is -2.47. The second-order valence-corrected chi connectivity index (χ2v) is 7.71. The van der Waals surface area contributed by atoms with Crippen LogP contribution < -0.4 is 10.6 Å². The molecule has 0 bridgehead atoms. The van der Waals surface area contributed by atoms with Crippen LogP contribution in [0.1, 0.15) is 43.9 Å². The zero-order valence-corrected chi connectivity index (χ0v) is 19.2. The molecule has 3 rings (SSSR count). The zero-order chi connectivity index (χ0) is 19.0. The summed E-state index contributed by atoms with van der Waals surface area (Å²) in [5, 5.41) is 16.3. The number of furan rings is 1. The van der Waals surface area contributed by atoms with Gasteiger partial charge in [0.25, 0.3) is 0 Å². The van der Waals surface area contributed by atoms with Crippen molar-refractivity contribution < 1.29 is 14.3 Å². The van der Waals surface area contributed by atoms with Gasteiger partial charge in [0.1, 0.15) is 5.76 Å². The highest BCUT2D eigenvalue weighted by Crippen LogP contribution is 2.31. The Bertz CT molecular complexity index is 570. The van der Waals surface area contributed by atoms with Gasteiger partial charge in [-0.2, -0.15) is 0 Å². The number of aliphatic hydroxyl groups excluding tert-OH is 1. The van der Waals surface area contributed by atoms with E-state index in [9.17, 15) is 5.11 Å². The van der Waals surface area contributed by atoms with Gasteiger partial charge in [-0.15, -0.1) is 24.0 Å². The molecule has 1 aromatic rings. The predicted octanol–water partition coefficient (Wildman–Crippen LogP) is 2.38. The van der Waals surface area contributed by atoms with E-state index in [1.165, 1.54) is 19.3 Å². The van der Waals surface area contributed by atoms with Crippen molar-refractivity contribution in [2.45, 2.75) is 38.1 Å². The second kappa shape index (κ2) is 12.0. The van der Waals surface area contributed by atoms with Gasteiger partial charge in [-0.1, -0.05) is 6.42 Å². The first-order valence-corrected chi connectivity index (χ1v) is 10.2. The van der Waals surface area contributed by atoms with Crippen LogP contribution in [-0.4, -0.2) is 69.0 Å². The normalized spacial score (nSPS) is 24.6. The molecule has 0 amide bonds. The van der Waals surface area contributed by atoms with E-state index in [0.29, 0.717) is 6.61 Å². The largest absolute Gasteiger partial charge is 0.468 e. The maximum Gasteiger partial charge on any atom is 0.191 e. The van der Waals surface area contributed by atoms with Crippen molar-refractivity contribution in [1.82, 2.24) is 15.5 Å². The molecule has 0 radical (unpaired) electrons. The highest BCUT2D eigenvalue weighted by atomic mass is 127. The Morgan fingerprint density at radius 3 is 2.75 bits per heavy atom. The molecule has 2 unspecified atom stereocenters. The van der Waals surface area contributed by atoms with Crippen molar-refractivity contribution in [2.75, 3.05) is 53.0 Å². The van der Waals surface area contributed by atoms with E-state index in [0.717, 1.165) is 57.3 Å². The van der Waals surface area contributed by atoms with E-state index in [-0.39, 0.29) is 42.0 Å². The fourth-order valence-corrected chi connectivity index (χ4v) is 4.12. The van der Waals surface area contributed by atoms with Gasteiger partial charge in [0.15, 0.2) is 5.96 Å². The summed E-state index contributed by atoms with van der Waals surface area (Å²) in [6.07, 6.45) is 7.27. The fraction of sp³-hybridized carbons (Fsp3) is 0.750. The number of ether oxygens (including phenoxy) is 1. The van der Waals surface area contributed by atoms with Crippen molar-refractivity contribution in [2.24, 2.45) is 10.4 Å². The number of nitrogens with zero attached hydrogens (tertiary/aromatic N) is 2. The third kappa shape index (κ3) is 6.33. The molecule has 3 heterocycles. The third-order valence-corrected chi connectivity index (χ3v) is 5.85. The van der Waals surface area contributed by atoms with Crippen molar-refractivity contribution in [3.8, 4) is 0 Å². The monoisotopic (exact) mass is 506 g/mol. The minimum absolute atomic E-state index is 0. The minimum atomic E-state index is -0.000345. The summed E-state index contributed by atoms with van der Waals surface area (Å²) in [5.41, 5.74) is -0.000345. The first-order chi connectivity index (χ1) is 13.3. The number of hydrogen-bond acceptors (Lipinski definition) is 5. The number of aliphatic hydroxyl groups is 1. The predicted molar refractivity (Wildman–Crippen MR) is 121 cm³/mol. The lowest BCUT2D eigenvalue weighted by Gasteiger charge is -2.34. The van der Waals surface area contributed by atoms with E-state index in [1.807, 2.05) is 6.07 Å². The average molecular weight is 506 g/mol. The average Bonchev–Trinajstić information content (AvgIpc) is 3.38. The molecular formula is C20H35IN4O3. The van der Waals surface area contributed by atoms with E-state index in [4.69, 9.17) is 9.15 Å². The number of guanidine groups is 1. The minimum Gasteiger partial charge on any atom is -0.468 e. The van der Waals surface area contributed by atoms with E-state index in [1.54, 1.807) is 13.3 Å². The molecule has 2 saturated heterocycles. The molecule has 160 valence electrons. The Kier molecular flexibility index (Phi) is 10.0. The third-order valence-electron chi connectivity index (χ3n) is 5.85. The van der Waals surface area contributed by atoms with Gasteiger partial charge in [-0.25, -0.2) is 0 Å². The molecule has 2 fully saturated rings. The molecule has 28 heavy (non-hydrogen) atoms. The highest BCUT2D eigenvalue weighted by Gasteiger charge is 2.34. The van der Waals surface area contributed by atoms with Crippen molar-refractivity contribution >= 4 is 29.9 Å². The van der Waals surface area contributed by atoms with E-state index < -0.39 is 0 Å². The van der Waals surface area contributed by atoms with Gasteiger partial charge in [-0.05, 0) is 50.9 Å². The molecule has 2 aliphatic heterocycles. The SMILES string of the molecule is CN=C(NCC(c1ccco1)N1CCCCC1)NCC1(CCO)CCOC1.I. The lowest BCUT2D eigenvalue weighted by molar-refractivity contribution is 0.127. The van der Waals surface area contributed by atoms with Crippen LogP contribution in [0.3, 0.4) is 0 Å². The van der Waals surface area contributed by atoms with Crippen LogP contribution in [0, 0.1) is 5.41 Å². The first kappa shape index (κ1) is 23.4. The highest BCUT2D eigenvalue weighted by molar-refractivity contribution is 14.0. The summed E-state index contributed by atoms with van der Waals surface area (Å²) >= 11 is 0. The van der Waals surface area contributed by atoms with Gasteiger partial charge in [0, 0.05) is 38.8 Å². The van der Waals surface area contributed by atoms with Crippen molar-refractivity contribution in [1.29, 1.82) is 0 Å². The number of nitrogens with one attached hydrogen (secondary N) is 2. The van der Waals surface area contributed by atoms with Gasteiger partial charge >= 0.3 is 0 Å². The number of likely N-dealkylation sites (tertiary alicyclic amines) is 1. The van der Waals surface area contributed by atoms with Crippen LogP contribution in [0.25, 0.3) is 0 Å². The molecule has 0 spiro atoms. The standard InChI is InChI=1S/C20H34N4O3.HI/c1-21-19(23-15-20(7-11-25)8-13-26-16-20)22-14-17(18-6-5-12-27-18)24-9-3-2-4-10-24;/h5-6,12,17,25H,2-4,7-11,13-16H2,1H3,(H2,21,22,23);1H. The summed E-state index contributed by atoms with van der Waals surface area (Å²) in [5.74, 6) is 1.79. The first-order valence-electron chi connectivity index (χ1n) is 10.2. The molecule has 0 saturated carbocycles. The molecule has 2 atom stereocenters. The van der Waals surface area contributed by atoms with Gasteiger partial charge in [0.2, 0.25) is 0 Å². The van der Waals surface area contributed by atoms with Crippen molar-refractivity contribution in [3.63, 3.8) is 0 Å². The van der Waals surface area contributed by atoms with Crippen LogP contribution in [0.4, 0.5) is 0 Å². The number of rotatable bonds is 8. The Hall–Kier alpha value is -0.840. The van der Waals surface area contributed by atoms with Crippen LogP contribution in [0.15, 0.2) is 27.8 Å². The summed E-state index contributed by atoms with van der Waals surface area (Å²) in [7, 11) is 1.79. The number of aliphatic imine (C=N–C) groups is 1. The Labute approximate surface area is 185 Å². The molecule has 2 aliphatic rings. The molecular weight excluding hydrogens is 471 g/mol. The molecule has 8 heteroatoms. The van der Waals surface area contributed by atoms with E-state index >= 15 is 0 Å². The molecule has 0 aliphatic carbocycles. The summed E-state index contributed by atoms with van der Waals surface area (Å²) in [6, 6.07) is 4.22. The van der Waals surface area contributed by atoms with Gasteiger partial charge in [-0.3, -0.25) is 9.89 Å². The second-order valence-electron chi connectivity index (χ2n) is 7.71. The molecule has 3 N–H and O–H groups in total. The van der Waals surface area contributed by atoms with Gasteiger partial charge < -0.3 is 24.9 Å². The smallest absolute Gasteiger partial charge is 0.191 e. The molecule has 7 nitrogen and oxygen atoms in total. The van der Waals surface area contributed by atoms with E-state index in [2.05, 4.69) is 26.6 Å².